The summed E-state index contributed by atoms with van der Waals surface area (Å²) in [7, 11) is 2.57. The highest BCUT2D eigenvalue weighted by Gasteiger charge is 2.23. The molecule has 0 radical (unpaired) electrons. The Morgan fingerprint density at radius 2 is 1.94 bits per heavy atom. The molecule has 0 aromatic carbocycles. The molecule has 0 unspecified atom stereocenters. The van der Waals surface area contributed by atoms with Crippen molar-refractivity contribution in [3.8, 4) is 0 Å². The first-order valence-corrected chi connectivity index (χ1v) is 4.59. The van der Waals surface area contributed by atoms with Gasteiger partial charge >= 0.3 is 11.9 Å². The standard InChI is InChI=1S/C9H15NO6/c1-15-4-3-7(11)10-6(9(13)14)5-8(12)16-2/h6H,3-5H2,1-2H3,(H,10,11)(H,13,14)/t6-/m0/s1. The first-order valence-electron chi connectivity index (χ1n) is 4.59. The van der Waals surface area contributed by atoms with E-state index in [1.165, 1.54) is 7.11 Å². The van der Waals surface area contributed by atoms with Crippen molar-refractivity contribution in [1.29, 1.82) is 0 Å². The maximum Gasteiger partial charge on any atom is 0.326 e. The number of carboxylic acids is 1. The summed E-state index contributed by atoms with van der Waals surface area (Å²) in [6.07, 6.45) is -0.355. The molecule has 0 heterocycles. The van der Waals surface area contributed by atoms with Gasteiger partial charge in [0.25, 0.3) is 0 Å². The fraction of sp³-hybridized carbons (Fsp3) is 0.667. The van der Waals surface area contributed by atoms with Crippen LogP contribution in [0.2, 0.25) is 0 Å². The van der Waals surface area contributed by atoms with Crippen molar-refractivity contribution in [1.82, 2.24) is 5.32 Å². The van der Waals surface area contributed by atoms with E-state index in [1.807, 2.05) is 0 Å². The molecule has 0 saturated heterocycles. The molecule has 0 rings (SSSR count). The molecule has 1 amide bonds. The summed E-state index contributed by atoms with van der Waals surface area (Å²) < 4.78 is 8.97. The average molecular weight is 233 g/mol. The molecule has 0 aliphatic heterocycles. The van der Waals surface area contributed by atoms with Gasteiger partial charge in [0.2, 0.25) is 5.91 Å². The van der Waals surface area contributed by atoms with Crippen molar-refractivity contribution >= 4 is 17.8 Å². The van der Waals surface area contributed by atoms with E-state index in [4.69, 9.17) is 5.11 Å². The Bertz CT molecular complexity index is 265. The highest BCUT2D eigenvalue weighted by Crippen LogP contribution is 1.96. The summed E-state index contributed by atoms with van der Waals surface area (Å²) in [5.74, 6) is -2.46. The van der Waals surface area contributed by atoms with E-state index in [9.17, 15) is 14.4 Å². The summed E-state index contributed by atoms with van der Waals surface area (Å²) in [5.41, 5.74) is 0. The van der Waals surface area contributed by atoms with Crippen LogP contribution in [0.1, 0.15) is 12.8 Å². The SMILES string of the molecule is COCCC(=O)N[C@@H](CC(=O)OC)C(=O)O. The number of hydrogen-bond acceptors (Lipinski definition) is 5. The van der Waals surface area contributed by atoms with Crippen molar-refractivity contribution in [2.24, 2.45) is 0 Å². The van der Waals surface area contributed by atoms with Gasteiger partial charge in [-0.2, -0.15) is 0 Å². The van der Waals surface area contributed by atoms with Gasteiger partial charge < -0.3 is 19.9 Å². The number of carbonyl (C=O) groups excluding carboxylic acids is 2. The second-order valence-corrected chi connectivity index (χ2v) is 2.98. The topological polar surface area (TPSA) is 102 Å². The number of amides is 1. The number of carbonyl (C=O) groups is 3. The molecule has 7 nitrogen and oxygen atoms in total. The minimum absolute atomic E-state index is 0.0431. The van der Waals surface area contributed by atoms with Gasteiger partial charge in [-0.25, -0.2) is 4.79 Å². The fourth-order valence-electron chi connectivity index (χ4n) is 0.911. The monoisotopic (exact) mass is 233 g/mol. The molecule has 0 saturated carbocycles. The summed E-state index contributed by atoms with van der Waals surface area (Å²) in [6, 6.07) is -1.27. The van der Waals surface area contributed by atoms with Crippen LogP contribution in [-0.4, -0.2) is 49.8 Å². The molecule has 0 spiro atoms. The molecule has 1 atom stereocenters. The van der Waals surface area contributed by atoms with Crippen LogP contribution in [-0.2, 0) is 23.9 Å². The van der Waals surface area contributed by atoms with Gasteiger partial charge in [-0.3, -0.25) is 9.59 Å². The lowest BCUT2D eigenvalue weighted by molar-refractivity contribution is -0.148. The van der Waals surface area contributed by atoms with Crippen LogP contribution in [0.3, 0.4) is 0 Å². The van der Waals surface area contributed by atoms with Crippen molar-refractivity contribution in [3.63, 3.8) is 0 Å². The van der Waals surface area contributed by atoms with Gasteiger partial charge in [0, 0.05) is 13.5 Å². The largest absolute Gasteiger partial charge is 0.480 e. The highest BCUT2D eigenvalue weighted by atomic mass is 16.5. The third-order valence-corrected chi connectivity index (χ3v) is 1.77. The van der Waals surface area contributed by atoms with E-state index in [2.05, 4.69) is 14.8 Å². The Balaban J connectivity index is 4.17. The molecule has 0 aromatic heterocycles. The molecular weight excluding hydrogens is 218 g/mol. The predicted molar refractivity (Wildman–Crippen MR) is 52.7 cm³/mol. The lowest BCUT2D eigenvalue weighted by atomic mass is 10.2. The van der Waals surface area contributed by atoms with Gasteiger partial charge in [0.1, 0.15) is 6.04 Å². The summed E-state index contributed by atoms with van der Waals surface area (Å²) >= 11 is 0. The van der Waals surface area contributed by atoms with E-state index < -0.39 is 30.3 Å². The van der Waals surface area contributed by atoms with Crippen LogP contribution in [0.15, 0.2) is 0 Å². The number of aliphatic carboxylic acids is 1. The van der Waals surface area contributed by atoms with Crippen LogP contribution >= 0.6 is 0 Å². The molecular formula is C9H15NO6. The van der Waals surface area contributed by atoms with Crippen molar-refractivity contribution in [3.05, 3.63) is 0 Å². The second-order valence-electron chi connectivity index (χ2n) is 2.98. The summed E-state index contributed by atoms with van der Waals surface area (Å²) in [4.78, 5) is 32.7. The van der Waals surface area contributed by atoms with Gasteiger partial charge in [0.05, 0.1) is 20.1 Å². The number of methoxy groups -OCH3 is 2. The lowest BCUT2D eigenvalue weighted by Crippen LogP contribution is -2.42. The van der Waals surface area contributed by atoms with Gasteiger partial charge in [0.15, 0.2) is 0 Å². The third-order valence-electron chi connectivity index (χ3n) is 1.77. The zero-order valence-corrected chi connectivity index (χ0v) is 9.19. The molecule has 0 aliphatic rings. The van der Waals surface area contributed by atoms with Crippen molar-refractivity contribution < 1.29 is 29.0 Å². The first-order chi connectivity index (χ1) is 7.51. The number of rotatable bonds is 7. The Hall–Kier alpha value is -1.63. The number of hydrogen-bond donors (Lipinski definition) is 2. The van der Waals surface area contributed by atoms with Gasteiger partial charge in [-0.15, -0.1) is 0 Å². The maximum absolute atomic E-state index is 11.2. The molecule has 0 aromatic rings. The molecule has 0 aliphatic carbocycles. The minimum atomic E-state index is -1.28. The predicted octanol–water partition coefficient (Wildman–Crippen LogP) is -0.845. The zero-order valence-electron chi connectivity index (χ0n) is 9.19. The Labute approximate surface area is 92.7 Å². The van der Waals surface area contributed by atoms with Gasteiger partial charge in [-0.1, -0.05) is 0 Å². The van der Waals surface area contributed by atoms with Crippen molar-refractivity contribution in [2.45, 2.75) is 18.9 Å². The zero-order chi connectivity index (χ0) is 12.6. The quantitative estimate of drug-likeness (QED) is 0.556. The molecule has 92 valence electrons. The van der Waals surface area contributed by atoms with Crippen LogP contribution < -0.4 is 5.32 Å². The first kappa shape index (κ1) is 14.4. The van der Waals surface area contributed by atoms with E-state index in [-0.39, 0.29) is 13.0 Å². The van der Waals surface area contributed by atoms with Crippen LogP contribution in [0.25, 0.3) is 0 Å². The number of ether oxygens (including phenoxy) is 2. The van der Waals surface area contributed by atoms with Gasteiger partial charge in [-0.05, 0) is 0 Å². The van der Waals surface area contributed by atoms with E-state index in [0.717, 1.165) is 7.11 Å². The Morgan fingerprint density at radius 3 is 2.38 bits per heavy atom. The molecule has 16 heavy (non-hydrogen) atoms. The van der Waals surface area contributed by atoms with Crippen LogP contribution in [0.4, 0.5) is 0 Å². The van der Waals surface area contributed by atoms with Crippen LogP contribution in [0, 0.1) is 0 Å². The number of carboxylic acid groups (broad SMARTS) is 1. The molecule has 0 fully saturated rings. The normalized spacial score (nSPS) is 11.6. The average Bonchev–Trinajstić information content (AvgIpc) is 2.24. The number of nitrogens with one attached hydrogen (secondary N) is 1. The fourth-order valence-corrected chi connectivity index (χ4v) is 0.911. The highest BCUT2D eigenvalue weighted by molar-refractivity contribution is 5.87. The maximum atomic E-state index is 11.2. The second kappa shape index (κ2) is 7.63. The van der Waals surface area contributed by atoms with E-state index in [0.29, 0.717) is 0 Å². The molecule has 0 bridgehead atoms. The lowest BCUT2D eigenvalue weighted by Gasteiger charge is -2.12. The number of esters is 1. The Kier molecular flexibility index (Phi) is 6.86. The summed E-state index contributed by atoms with van der Waals surface area (Å²) in [6.45, 7) is 0.191. The van der Waals surface area contributed by atoms with Crippen molar-refractivity contribution in [2.75, 3.05) is 20.8 Å². The minimum Gasteiger partial charge on any atom is -0.480 e. The smallest absolute Gasteiger partial charge is 0.326 e. The molecule has 2 N–H and O–H groups in total. The summed E-state index contributed by atoms with van der Waals surface area (Å²) in [5, 5.41) is 10.9. The third kappa shape index (κ3) is 5.97. The molecule has 7 heteroatoms. The van der Waals surface area contributed by atoms with E-state index >= 15 is 0 Å². The van der Waals surface area contributed by atoms with Crippen LogP contribution in [0.5, 0.6) is 0 Å². The Morgan fingerprint density at radius 1 is 1.31 bits per heavy atom. The van der Waals surface area contributed by atoms with E-state index in [1.54, 1.807) is 0 Å².